The number of hydrogen-bond donors (Lipinski definition) is 2. The maximum atomic E-state index is 13.8. The van der Waals surface area contributed by atoms with Crippen molar-refractivity contribution in [3.05, 3.63) is 28.1 Å². The number of rotatable bonds is 7. The van der Waals surface area contributed by atoms with Crippen LogP contribution < -0.4 is 15.4 Å². The molecule has 0 heterocycles. The average Bonchev–Trinajstić information content (AvgIpc) is 2.45. The topological polar surface area (TPSA) is 93.5 Å². The number of methoxy groups -OCH3 is 1. The molecule has 0 aromatic heterocycles. The van der Waals surface area contributed by atoms with Crippen molar-refractivity contribution in [1.82, 2.24) is 5.32 Å². The van der Waals surface area contributed by atoms with Gasteiger partial charge in [0.25, 0.3) is 0 Å². The molecule has 1 atom stereocenters. The van der Waals surface area contributed by atoms with E-state index in [-0.39, 0.29) is 17.3 Å². The Balaban J connectivity index is 2.93. The number of benzene rings is 1. The minimum Gasteiger partial charge on any atom is -0.490 e. The summed E-state index contributed by atoms with van der Waals surface area (Å²) < 4.78 is 18.7. The summed E-state index contributed by atoms with van der Waals surface area (Å²) in [6.07, 6.45) is 0.790. The molecule has 0 aliphatic heterocycles. The number of hydrogen-bond acceptors (Lipinski definition) is 5. The minimum absolute atomic E-state index is 0.0309. The van der Waals surface area contributed by atoms with Crippen LogP contribution in [0.2, 0.25) is 0 Å². The number of nitrogens with one attached hydrogen (secondary N) is 2. The van der Waals surface area contributed by atoms with E-state index in [1.165, 1.54) is 7.11 Å². The molecular formula is C13H18FN3O4. The number of halogens is 1. The summed E-state index contributed by atoms with van der Waals surface area (Å²) in [4.78, 5) is 21.7. The summed E-state index contributed by atoms with van der Waals surface area (Å²) in [5.41, 5.74) is -0.500. The second-order valence-corrected chi connectivity index (χ2v) is 4.42. The van der Waals surface area contributed by atoms with Crippen molar-refractivity contribution < 1.29 is 18.8 Å². The summed E-state index contributed by atoms with van der Waals surface area (Å²) >= 11 is 0. The molecule has 2 N–H and O–H groups in total. The Bertz CT molecular complexity index is 536. The molecule has 1 aromatic rings. The SMILES string of the molecule is CCCNC(=O)C(C)Nc1cc(OC)c([N+](=O)[O-])cc1F. The van der Waals surface area contributed by atoms with E-state index in [1.54, 1.807) is 6.92 Å². The lowest BCUT2D eigenvalue weighted by molar-refractivity contribution is -0.385. The number of ether oxygens (including phenoxy) is 1. The minimum atomic E-state index is -0.822. The van der Waals surface area contributed by atoms with E-state index in [1.807, 2.05) is 6.92 Å². The van der Waals surface area contributed by atoms with Gasteiger partial charge in [-0.3, -0.25) is 14.9 Å². The molecule has 0 aliphatic rings. The monoisotopic (exact) mass is 299 g/mol. The van der Waals surface area contributed by atoms with Crippen LogP contribution in [0.5, 0.6) is 5.75 Å². The van der Waals surface area contributed by atoms with E-state index in [4.69, 9.17) is 4.74 Å². The van der Waals surface area contributed by atoms with E-state index in [2.05, 4.69) is 10.6 Å². The fourth-order valence-corrected chi connectivity index (χ4v) is 1.66. The highest BCUT2D eigenvalue weighted by atomic mass is 19.1. The van der Waals surface area contributed by atoms with Gasteiger partial charge in [-0.15, -0.1) is 0 Å². The lowest BCUT2D eigenvalue weighted by Crippen LogP contribution is -2.38. The number of nitro benzene ring substituents is 1. The van der Waals surface area contributed by atoms with Gasteiger partial charge in [-0.2, -0.15) is 0 Å². The number of nitro groups is 1. The van der Waals surface area contributed by atoms with Crippen LogP contribution in [0.15, 0.2) is 12.1 Å². The smallest absolute Gasteiger partial charge is 0.313 e. The van der Waals surface area contributed by atoms with E-state index >= 15 is 0 Å². The van der Waals surface area contributed by atoms with Crippen LogP contribution in [-0.2, 0) is 4.79 Å². The van der Waals surface area contributed by atoms with Gasteiger partial charge in [0.1, 0.15) is 6.04 Å². The molecule has 116 valence electrons. The Hall–Kier alpha value is -2.38. The largest absolute Gasteiger partial charge is 0.490 e. The third-order valence-corrected chi connectivity index (χ3v) is 2.78. The van der Waals surface area contributed by atoms with E-state index < -0.39 is 22.5 Å². The van der Waals surface area contributed by atoms with Crippen LogP contribution in [0.25, 0.3) is 0 Å². The zero-order chi connectivity index (χ0) is 16.0. The Morgan fingerprint density at radius 2 is 2.19 bits per heavy atom. The van der Waals surface area contributed by atoms with Crippen LogP contribution in [0.3, 0.4) is 0 Å². The molecule has 7 nitrogen and oxygen atoms in total. The van der Waals surface area contributed by atoms with E-state index in [0.717, 1.165) is 18.6 Å². The highest BCUT2D eigenvalue weighted by Crippen LogP contribution is 2.32. The number of amides is 1. The number of carbonyl (C=O) groups excluding carboxylic acids is 1. The first kappa shape index (κ1) is 16.7. The maximum absolute atomic E-state index is 13.8. The molecule has 1 unspecified atom stereocenters. The van der Waals surface area contributed by atoms with Gasteiger partial charge >= 0.3 is 5.69 Å². The average molecular weight is 299 g/mol. The maximum Gasteiger partial charge on any atom is 0.313 e. The van der Waals surface area contributed by atoms with Gasteiger partial charge < -0.3 is 15.4 Å². The quantitative estimate of drug-likeness (QED) is 0.594. The molecule has 0 spiro atoms. The third-order valence-electron chi connectivity index (χ3n) is 2.78. The van der Waals surface area contributed by atoms with Gasteiger partial charge in [0.05, 0.1) is 23.8 Å². The Labute approximate surface area is 121 Å². The molecule has 1 amide bonds. The third kappa shape index (κ3) is 4.30. The first-order valence-electron chi connectivity index (χ1n) is 6.46. The van der Waals surface area contributed by atoms with Crippen molar-refractivity contribution >= 4 is 17.3 Å². The number of anilines is 1. The Morgan fingerprint density at radius 3 is 2.71 bits per heavy atom. The first-order chi connectivity index (χ1) is 9.90. The fraction of sp³-hybridized carbons (Fsp3) is 0.462. The van der Waals surface area contributed by atoms with Crippen LogP contribution in [0.1, 0.15) is 20.3 Å². The predicted molar refractivity (Wildman–Crippen MR) is 76.0 cm³/mol. The first-order valence-corrected chi connectivity index (χ1v) is 6.46. The molecule has 0 bridgehead atoms. The standard InChI is InChI=1S/C13H18FN3O4/c1-4-5-15-13(18)8(2)16-10-7-12(21-3)11(17(19)20)6-9(10)14/h6-8,16H,4-5H2,1-3H3,(H,15,18). The van der Waals surface area contributed by atoms with Crippen molar-refractivity contribution in [1.29, 1.82) is 0 Å². The molecule has 1 rings (SSSR count). The normalized spacial score (nSPS) is 11.6. The highest BCUT2D eigenvalue weighted by Gasteiger charge is 2.21. The van der Waals surface area contributed by atoms with Gasteiger partial charge in [-0.1, -0.05) is 6.92 Å². The predicted octanol–water partition coefficient (Wildman–Crippen LogP) is 2.07. The lowest BCUT2D eigenvalue weighted by Gasteiger charge is -2.16. The Morgan fingerprint density at radius 1 is 1.52 bits per heavy atom. The molecule has 0 radical (unpaired) electrons. The molecule has 8 heteroatoms. The summed E-state index contributed by atoms with van der Waals surface area (Å²) in [6, 6.07) is 1.24. The van der Waals surface area contributed by atoms with Gasteiger partial charge in [-0.25, -0.2) is 4.39 Å². The molecule has 1 aromatic carbocycles. The molecule has 0 aliphatic carbocycles. The van der Waals surface area contributed by atoms with Gasteiger partial charge in [-0.05, 0) is 13.3 Å². The molecule has 0 fully saturated rings. The molecule has 0 saturated heterocycles. The van der Waals surface area contributed by atoms with Crippen LogP contribution in [0.4, 0.5) is 15.8 Å². The molecular weight excluding hydrogens is 281 g/mol. The van der Waals surface area contributed by atoms with Crippen LogP contribution in [0, 0.1) is 15.9 Å². The van der Waals surface area contributed by atoms with Gasteiger partial charge in [0.2, 0.25) is 5.91 Å². The van der Waals surface area contributed by atoms with Crippen molar-refractivity contribution in [2.24, 2.45) is 0 Å². The van der Waals surface area contributed by atoms with Crippen molar-refractivity contribution in [3.63, 3.8) is 0 Å². The van der Waals surface area contributed by atoms with Gasteiger partial charge in [0, 0.05) is 12.6 Å². The van der Waals surface area contributed by atoms with Crippen molar-refractivity contribution in [3.8, 4) is 5.75 Å². The summed E-state index contributed by atoms with van der Waals surface area (Å²) in [6.45, 7) is 4.01. The molecule has 0 saturated carbocycles. The van der Waals surface area contributed by atoms with Crippen molar-refractivity contribution in [2.75, 3.05) is 19.0 Å². The molecule has 21 heavy (non-hydrogen) atoms. The Kier molecular flexibility index (Phi) is 5.89. The summed E-state index contributed by atoms with van der Waals surface area (Å²) in [5, 5.41) is 16.1. The van der Waals surface area contributed by atoms with Gasteiger partial charge in [0.15, 0.2) is 11.6 Å². The zero-order valence-electron chi connectivity index (χ0n) is 12.1. The second-order valence-electron chi connectivity index (χ2n) is 4.42. The fourth-order valence-electron chi connectivity index (χ4n) is 1.66. The van der Waals surface area contributed by atoms with Crippen molar-refractivity contribution in [2.45, 2.75) is 26.3 Å². The second kappa shape index (κ2) is 7.41. The summed E-state index contributed by atoms with van der Waals surface area (Å²) in [5.74, 6) is -1.18. The van der Waals surface area contributed by atoms with Crippen LogP contribution in [-0.4, -0.2) is 30.5 Å². The number of nitrogens with zero attached hydrogens (tertiary/aromatic N) is 1. The number of carbonyl (C=O) groups is 1. The van der Waals surface area contributed by atoms with E-state index in [0.29, 0.717) is 6.54 Å². The summed E-state index contributed by atoms with van der Waals surface area (Å²) in [7, 11) is 1.25. The lowest BCUT2D eigenvalue weighted by atomic mass is 10.2. The van der Waals surface area contributed by atoms with E-state index in [9.17, 15) is 19.3 Å². The zero-order valence-corrected chi connectivity index (χ0v) is 12.1. The highest BCUT2D eigenvalue weighted by molar-refractivity contribution is 5.84. The van der Waals surface area contributed by atoms with Crippen LogP contribution >= 0.6 is 0 Å².